The van der Waals surface area contributed by atoms with Gasteiger partial charge in [-0.1, -0.05) is 6.92 Å². The largest absolute Gasteiger partial charge is 0.384 e. The van der Waals surface area contributed by atoms with Gasteiger partial charge in [-0.15, -0.1) is 0 Å². The minimum Gasteiger partial charge on any atom is -0.384 e. The number of nitrogens with one attached hydrogen (secondary N) is 1. The quantitative estimate of drug-likeness (QED) is 0.735. The second kappa shape index (κ2) is 6.72. The number of ether oxygens (including phenoxy) is 1. The van der Waals surface area contributed by atoms with Crippen LogP contribution in [0.4, 0.5) is 0 Å². The van der Waals surface area contributed by atoms with E-state index < -0.39 is 0 Å². The van der Waals surface area contributed by atoms with Crippen molar-refractivity contribution < 1.29 is 4.74 Å². The molecule has 1 aliphatic carbocycles. The van der Waals surface area contributed by atoms with Crippen molar-refractivity contribution in [1.29, 1.82) is 0 Å². The van der Waals surface area contributed by atoms with Gasteiger partial charge in [0.05, 0.1) is 0 Å². The molecule has 1 unspecified atom stereocenters. The van der Waals surface area contributed by atoms with Crippen molar-refractivity contribution in [2.75, 3.05) is 33.4 Å². The fraction of sp³-hybridized carbons (Fsp3) is 1.00. The molecule has 0 bridgehead atoms. The Morgan fingerprint density at radius 1 is 1.24 bits per heavy atom. The standard InChI is InChI=1S/C14H28N2O/c1-3-14(10-15-13-4-5-13)16-8-6-12(7-9-16)11-17-2/h12-15H,3-11H2,1-2H3. The number of hydrogen-bond donors (Lipinski definition) is 1. The van der Waals surface area contributed by atoms with E-state index in [0.717, 1.165) is 24.6 Å². The van der Waals surface area contributed by atoms with Crippen LogP contribution < -0.4 is 5.32 Å². The summed E-state index contributed by atoms with van der Waals surface area (Å²) < 4.78 is 5.26. The monoisotopic (exact) mass is 240 g/mol. The van der Waals surface area contributed by atoms with E-state index >= 15 is 0 Å². The van der Waals surface area contributed by atoms with Gasteiger partial charge in [-0.3, -0.25) is 4.90 Å². The summed E-state index contributed by atoms with van der Waals surface area (Å²) in [6.45, 7) is 6.99. The van der Waals surface area contributed by atoms with Gasteiger partial charge in [-0.2, -0.15) is 0 Å². The van der Waals surface area contributed by atoms with E-state index in [2.05, 4.69) is 17.1 Å². The second-order valence-corrected chi connectivity index (χ2v) is 5.68. The lowest BCUT2D eigenvalue weighted by Crippen LogP contribution is -2.46. The SMILES string of the molecule is CCC(CNC1CC1)N1CCC(COC)CC1. The van der Waals surface area contributed by atoms with Gasteiger partial charge in [0.15, 0.2) is 0 Å². The van der Waals surface area contributed by atoms with Crippen LogP contribution in [0.1, 0.15) is 39.0 Å². The predicted octanol–water partition coefficient (Wildman–Crippen LogP) is 1.88. The van der Waals surface area contributed by atoms with Crippen LogP contribution in [0.2, 0.25) is 0 Å². The van der Waals surface area contributed by atoms with Gasteiger partial charge < -0.3 is 10.1 Å². The summed E-state index contributed by atoms with van der Waals surface area (Å²) in [4.78, 5) is 2.68. The number of piperidine rings is 1. The predicted molar refractivity (Wildman–Crippen MR) is 71.3 cm³/mol. The molecule has 2 aliphatic rings. The fourth-order valence-corrected chi connectivity index (χ4v) is 2.84. The Bertz CT molecular complexity index is 210. The Labute approximate surface area is 106 Å². The van der Waals surface area contributed by atoms with Crippen LogP contribution in [0.5, 0.6) is 0 Å². The summed E-state index contributed by atoms with van der Waals surface area (Å²) in [7, 11) is 1.82. The maximum atomic E-state index is 5.26. The summed E-state index contributed by atoms with van der Waals surface area (Å²) in [6, 6.07) is 1.59. The Morgan fingerprint density at radius 2 is 1.94 bits per heavy atom. The Balaban J connectivity index is 1.68. The topological polar surface area (TPSA) is 24.5 Å². The molecule has 1 atom stereocenters. The van der Waals surface area contributed by atoms with E-state index in [1.165, 1.54) is 51.7 Å². The summed E-state index contributed by atoms with van der Waals surface area (Å²) in [5, 5.41) is 3.67. The molecule has 0 aromatic carbocycles. The summed E-state index contributed by atoms with van der Waals surface area (Å²) in [5.41, 5.74) is 0. The Kier molecular flexibility index (Phi) is 5.26. The molecule has 17 heavy (non-hydrogen) atoms. The molecule has 1 saturated heterocycles. The molecule has 0 radical (unpaired) electrons. The number of nitrogens with zero attached hydrogens (tertiary/aromatic N) is 1. The number of hydrogen-bond acceptors (Lipinski definition) is 3. The molecule has 0 aromatic heterocycles. The van der Waals surface area contributed by atoms with Crippen LogP contribution in [-0.4, -0.2) is 50.3 Å². The van der Waals surface area contributed by atoms with Gasteiger partial charge in [-0.25, -0.2) is 0 Å². The first-order chi connectivity index (χ1) is 8.33. The van der Waals surface area contributed by atoms with Gasteiger partial charge in [0.1, 0.15) is 0 Å². The molecule has 0 spiro atoms. The van der Waals surface area contributed by atoms with E-state index in [-0.39, 0.29) is 0 Å². The summed E-state index contributed by atoms with van der Waals surface area (Å²) >= 11 is 0. The highest BCUT2D eigenvalue weighted by Gasteiger charge is 2.26. The van der Waals surface area contributed by atoms with Crippen LogP contribution in [0.25, 0.3) is 0 Å². The van der Waals surface area contributed by atoms with Crippen LogP contribution in [0.15, 0.2) is 0 Å². The summed E-state index contributed by atoms with van der Waals surface area (Å²) in [6.07, 6.45) is 6.69. The molecule has 1 N–H and O–H groups in total. The van der Waals surface area contributed by atoms with Gasteiger partial charge in [0.2, 0.25) is 0 Å². The van der Waals surface area contributed by atoms with E-state index in [0.29, 0.717) is 0 Å². The molecule has 2 fully saturated rings. The highest BCUT2D eigenvalue weighted by atomic mass is 16.5. The molecule has 2 rings (SSSR count). The van der Waals surface area contributed by atoms with Gasteiger partial charge in [0.25, 0.3) is 0 Å². The zero-order valence-electron chi connectivity index (χ0n) is 11.5. The van der Waals surface area contributed by atoms with Gasteiger partial charge in [-0.05, 0) is 51.1 Å². The van der Waals surface area contributed by atoms with Gasteiger partial charge >= 0.3 is 0 Å². The van der Waals surface area contributed by atoms with Crippen molar-refractivity contribution in [1.82, 2.24) is 10.2 Å². The zero-order valence-corrected chi connectivity index (χ0v) is 11.5. The maximum Gasteiger partial charge on any atom is 0.0491 e. The lowest BCUT2D eigenvalue weighted by molar-refractivity contribution is 0.0779. The lowest BCUT2D eigenvalue weighted by atomic mass is 9.96. The first-order valence-corrected chi connectivity index (χ1v) is 7.29. The highest BCUT2D eigenvalue weighted by Crippen LogP contribution is 2.22. The van der Waals surface area contributed by atoms with Crippen LogP contribution >= 0.6 is 0 Å². The van der Waals surface area contributed by atoms with Crippen molar-refractivity contribution in [2.24, 2.45) is 5.92 Å². The van der Waals surface area contributed by atoms with Crippen molar-refractivity contribution >= 4 is 0 Å². The second-order valence-electron chi connectivity index (χ2n) is 5.68. The number of likely N-dealkylation sites (tertiary alicyclic amines) is 1. The smallest absolute Gasteiger partial charge is 0.0491 e. The molecule has 0 aromatic rings. The third kappa shape index (κ3) is 4.23. The average Bonchev–Trinajstić information content (AvgIpc) is 3.16. The van der Waals surface area contributed by atoms with Crippen molar-refractivity contribution in [3.05, 3.63) is 0 Å². The van der Waals surface area contributed by atoms with E-state index in [1.54, 1.807) is 0 Å². The van der Waals surface area contributed by atoms with Crippen LogP contribution in [-0.2, 0) is 4.74 Å². The number of rotatable bonds is 7. The Hall–Kier alpha value is -0.120. The first kappa shape index (κ1) is 13.3. The summed E-state index contributed by atoms with van der Waals surface area (Å²) in [5.74, 6) is 0.796. The van der Waals surface area contributed by atoms with E-state index in [1.807, 2.05) is 7.11 Å². The average molecular weight is 240 g/mol. The molecule has 3 heteroatoms. The fourth-order valence-electron chi connectivity index (χ4n) is 2.84. The van der Waals surface area contributed by atoms with E-state index in [9.17, 15) is 0 Å². The lowest BCUT2D eigenvalue weighted by Gasteiger charge is -2.37. The molecule has 100 valence electrons. The molecule has 1 saturated carbocycles. The van der Waals surface area contributed by atoms with Crippen molar-refractivity contribution in [2.45, 2.75) is 51.1 Å². The number of methoxy groups -OCH3 is 1. The van der Waals surface area contributed by atoms with Crippen molar-refractivity contribution in [3.63, 3.8) is 0 Å². The van der Waals surface area contributed by atoms with E-state index in [4.69, 9.17) is 4.74 Å². The minimum atomic E-state index is 0.749. The Morgan fingerprint density at radius 3 is 2.47 bits per heavy atom. The molecule has 3 nitrogen and oxygen atoms in total. The normalized spacial score (nSPS) is 25.1. The third-order valence-electron chi connectivity index (χ3n) is 4.26. The minimum absolute atomic E-state index is 0.749. The molecular formula is C14H28N2O. The zero-order chi connectivity index (χ0) is 12.1. The molecular weight excluding hydrogens is 212 g/mol. The third-order valence-corrected chi connectivity index (χ3v) is 4.26. The maximum absolute atomic E-state index is 5.26. The van der Waals surface area contributed by atoms with Crippen molar-refractivity contribution in [3.8, 4) is 0 Å². The molecule has 0 amide bonds. The highest BCUT2D eigenvalue weighted by molar-refractivity contribution is 4.85. The van der Waals surface area contributed by atoms with Crippen LogP contribution in [0.3, 0.4) is 0 Å². The van der Waals surface area contributed by atoms with Crippen LogP contribution in [0, 0.1) is 5.92 Å². The first-order valence-electron chi connectivity index (χ1n) is 7.29. The molecule has 1 aliphatic heterocycles. The van der Waals surface area contributed by atoms with Gasteiger partial charge in [0, 0.05) is 32.3 Å². The molecule has 1 heterocycles.